The Morgan fingerprint density at radius 2 is 2.14 bits per heavy atom. The molecule has 0 amide bonds. The van der Waals surface area contributed by atoms with Crippen LogP contribution in [0.2, 0.25) is 0 Å². The Morgan fingerprint density at radius 3 is 2.86 bits per heavy atom. The Kier molecular flexibility index (Phi) is 4.28. The number of hydrogen-bond acceptors (Lipinski definition) is 5. The summed E-state index contributed by atoms with van der Waals surface area (Å²) in [6.07, 6.45) is 1.47. The van der Waals surface area contributed by atoms with Gasteiger partial charge in [0.15, 0.2) is 5.16 Å². The summed E-state index contributed by atoms with van der Waals surface area (Å²) in [5, 5.41) is 4.77. The lowest BCUT2D eigenvalue weighted by Gasteiger charge is -2.04. The molecule has 0 radical (unpaired) electrons. The van der Waals surface area contributed by atoms with E-state index in [2.05, 4.69) is 30.8 Å². The molecule has 1 aliphatic rings. The molecule has 6 nitrogen and oxygen atoms in total. The Balaban J connectivity index is 1.78. The summed E-state index contributed by atoms with van der Waals surface area (Å²) in [6, 6.07) is 6.60. The molecule has 1 aliphatic heterocycles. The highest BCUT2D eigenvalue weighted by Crippen LogP contribution is 2.29. The zero-order valence-electron chi connectivity index (χ0n) is 11.7. The number of hydrazone groups is 1. The fourth-order valence-corrected chi connectivity index (χ4v) is 4.37. The van der Waals surface area contributed by atoms with Crippen LogP contribution in [0.1, 0.15) is 11.3 Å². The fourth-order valence-electron chi connectivity index (χ4n) is 2.02. The second-order valence-electron chi connectivity index (χ2n) is 4.74. The third-order valence-electron chi connectivity index (χ3n) is 3.16. The molecule has 1 N–H and O–H groups in total. The molecule has 0 saturated carbocycles. The summed E-state index contributed by atoms with van der Waals surface area (Å²) in [6.45, 7) is 2.74. The smallest absolute Gasteiger partial charge is 0.276 e. The molecule has 1 aromatic carbocycles. The second kappa shape index (κ2) is 6.05. The van der Waals surface area contributed by atoms with E-state index in [1.54, 1.807) is 36.0 Å². The first-order valence-electron chi connectivity index (χ1n) is 6.48. The summed E-state index contributed by atoms with van der Waals surface area (Å²) in [5.41, 5.74) is 1.75. The summed E-state index contributed by atoms with van der Waals surface area (Å²) in [7, 11) is -3.66. The lowest BCUT2D eigenvalue weighted by atomic mass is 10.2. The minimum atomic E-state index is -3.66. The number of nitrogens with one attached hydrogen (secondary N) is 1. The van der Waals surface area contributed by atoms with Crippen LogP contribution in [0.5, 0.6) is 0 Å². The van der Waals surface area contributed by atoms with Gasteiger partial charge in [0.25, 0.3) is 10.0 Å². The largest absolute Gasteiger partial charge is 0.316 e. The molecule has 9 heteroatoms. The standard InChI is InChI=1S/C13H13BrN4O2S2/c1-9-2-4-10(5-3-9)22(19,20)17-15-8-11-12(14)16-13-18(11)6-7-21-13/h2-5,8,17H,6-7H2,1H3. The van der Waals surface area contributed by atoms with E-state index < -0.39 is 10.0 Å². The van der Waals surface area contributed by atoms with Gasteiger partial charge < -0.3 is 4.57 Å². The quantitative estimate of drug-likeness (QED) is 0.631. The van der Waals surface area contributed by atoms with Gasteiger partial charge in [0, 0.05) is 12.3 Å². The number of benzene rings is 1. The first-order valence-corrected chi connectivity index (χ1v) is 9.74. The average molecular weight is 401 g/mol. The maximum absolute atomic E-state index is 12.1. The van der Waals surface area contributed by atoms with Gasteiger partial charge in [0.1, 0.15) is 4.60 Å². The van der Waals surface area contributed by atoms with Crippen molar-refractivity contribution in [3.8, 4) is 0 Å². The van der Waals surface area contributed by atoms with Crippen molar-refractivity contribution < 1.29 is 8.42 Å². The van der Waals surface area contributed by atoms with Crippen LogP contribution in [0, 0.1) is 6.92 Å². The molecule has 3 rings (SSSR count). The fraction of sp³-hybridized carbons (Fsp3) is 0.231. The second-order valence-corrected chi connectivity index (χ2v) is 8.21. The SMILES string of the molecule is Cc1ccc(S(=O)(=O)NN=Cc2c(Br)nc3n2CCS3)cc1. The van der Waals surface area contributed by atoms with E-state index in [0.717, 1.165) is 28.7 Å². The molecule has 116 valence electrons. The highest BCUT2D eigenvalue weighted by atomic mass is 79.9. The molecule has 0 spiro atoms. The summed E-state index contributed by atoms with van der Waals surface area (Å²) >= 11 is 5.02. The Labute approximate surface area is 141 Å². The zero-order chi connectivity index (χ0) is 15.7. The van der Waals surface area contributed by atoms with Crippen LogP contribution in [0.3, 0.4) is 0 Å². The first-order chi connectivity index (χ1) is 10.5. The molecule has 0 unspecified atom stereocenters. The third-order valence-corrected chi connectivity index (χ3v) is 5.94. The average Bonchev–Trinajstić information content (AvgIpc) is 3.02. The number of rotatable bonds is 4. The molecule has 0 saturated heterocycles. The van der Waals surface area contributed by atoms with Crippen molar-refractivity contribution in [2.75, 3.05) is 5.75 Å². The van der Waals surface area contributed by atoms with Crippen molar-refractivity contribution in [3.05, 3.63) is 40.1 Å². The van der Waals surface area contributed by atoms with Crippen molar-refractivity contribution >= 4 is 43.9 Å². The zero-order valence-corrected chi connectivity index (χ0v) is 14.9. The molecular weight excluding hydrogens is 388 g/mol. The van der Waals surface area contributed by atoms with Gasteiger partial charge in [-0.15, -0.1) is 0 Å². The number of sulfonamides is 1. The monoisotopic (exact) mass is 400 g/mol. The van der Waals surface area contributed by atoms with Crippen molar-refractivity contribution in [3.63, 3.8) is 0 Å². The number of imidazole rings is 1. The lowest BCUT2D eigenvalue weighted by molar-refractivity contribution is 0.584. The number of aryl methyl sites for hydroxylation is 1. The normalized spacial score (nSPS) is 14.5. The van der Waals surface area contributed by atoms with Crippen LogP contribution in [-0.2, 0) is 16.6 Å². The van der Waals surface area contributed by atoms with E-state index in [-0.39, 0.29) is 4.90 Å². The third kappa shape index (κ3) is 3.06. The molecule has 1 aromatic heterocycles. The lowest BCUT2D eigenvalue weighted by Crippen LogP contribution is -2.18. The van der Waals surface area contributed by atoms with Crippen molar-refractivity contribution in [2.45, 2.75) is 23.5 Å². The molecule has 0 atom stereocenters. The van der Waals surface area contributed by atoms with Gasteiger partial charge in [-0.25, -0.2) is 9.82 Å². The van der Waals surface area contributed by atoms with E-state index in [9.17, 15) is 8.42 Å². The van der Waals surface area contributed by atoms with E-state index in [1.807, 2.05) is 11.5 Å². The summed E-state index contributed by atoms with van der Waals surface area (Å²) in [4.78, 5) is 6.76. The van der Waals surface area contributed by atoms with E-state index in [1.165, 1.54) is 6.21 Å². The molecule has 22 heavy (non-hydrogen) atoms. The maximum Gasteiger partial charge on any atom is 0.276 e. The highest BCUT2D eigenvalue weighted by molar-refractivity contribution is 9.10. The number of thioether (sulfide) groups is 1. The minimum absolute atomic E-state index is 0.184. The van der Waals surface area contributed by atoms with Crippen LogP contribution < -0.4 is 4.83 Å². The molecule has 0 aliphatic carbocycles. The van der Waals surface area contributed by atoms with Crippen molar-refractivity contribution in [2.24, 2.45) is 5.10 Å². The van der Waals surface area contributed by atoms with Gasteiger partial charge in [-0.1, -0.05) is 29.5 Å². The van der Waals surface area contributed by atoms with Crippen LogP contribution in [0.15, 0.2) is 44.0 Å². The van der Waals surface area contributed by atoms with Crippen LogP contribution in [0.25, 0.3) is 0 Å². The van der Waals surface area contributed by atoms with E-state index in [4.69, 9.17) is 0 Å². The number of hydrogen-bond donors (Lipinski definition) is 1. The van der Waals surface area contributed by atoms with Gasteiger partial charge >= 0.3 is 0 Å². The van der Waals surface area contributed by atoms with Crippen LogP contribution >= 0.6 is 27.7 Å². The molecule has 0 bridgehead atoms. The maximum atomic E-state index is 12.1. The Hall–Kier alpha value is -1.32. The Bertz CT molecular complexity index is 828. The van der Waals surface area contributed by atoms with Gasteiger partial charge in [-0.05, 0) is 35.0 Å². The first kappa shape index (κ1) is 15.6. The summed E-state index contributed by atoms with van der Waals surface area (Å²) < 4.78 is 26.9. The van der Waals surface area contributed by atoms with E-state index >= 15 is 0 Å². The van der Waals surface area contributed by atoms with Crippen LogP contribution in [0.4, 0.5) is 0 Å². The van der Waals surface area contributed by atoms with Gasteiger partial charge in [0.2, 0.25) is 0 Å². The van der Waals surface area contributed by atoms with E-state index in [0.29, 0.717) is 4.60 Å². The van der Waals surface area contributed by atoms with Crippen molar-refractivity contribution in [1.82, 2.24) is 14.4 Å². The van der Waals surface area contributed by atoms with Gasteiger partial charge in [-0.2, -0.15) is 13.5 Å². The molecule has 2 aromatic rings. The topological polar surface area (TPSA) is 76.3 Å². The number of nitrogens with zero attached hydrogens (tertiary/aromatic N) is 3. The predicted octanol–water partition coefficient (Wildman–Crippen LogP) is 2.37. The molecular formula is C13H13BrN4O2S2. The minimum Gasteiger partial charge on any atom is -0.316 e. The summed E-state index contributed by atoms with van der Waals surface area (Å²) in [5.74, 6) is 0.964. The molecule has 2 heterocycles. The van der Waals surface area contributed by atoms with Crippen molar-refractivity contribution in [1.29, 1.82) is 0 Å². The van der Waals surface area contributed by atoms with Gasteiger partial charge in [-0.3, -0.25) is 0 Å². The highest BCUT2D eigenvalue weighted by Gasteiger charge is 2.19. The predicted molar refractivity (Wildman–Crippen MR) is 89.7 cm³/mol. The van der Waals surface area contributed by atoms with Crippen LogP contribution in [-0.4, -0.2) is 29.9 Å². The molecule has 0 fully saturated rings. The number of fused-ring (bicyclic) bond motifs is 1. The Morgan fingerprint density at radius 1 is 1.41 bits per heavy atom. The number of halogens is 1. The van der Waals surface area contributed by atoms with Gasteiger partial charge in [0.05, 0.1) is 16.8 Å². The number of aromatic nitrogens is 2.